The number of alkyl halides is 3. The zero-order valence-corrected chi connectivity index (χ0v) is 13.8. The maximum Gasteiger partial charge on any atom is 0.446 e. The molecule has 1 fully saturated rings. The molecule has 0 aliphatic heterocycles. The smallest absolute Gasteiger partial charge is 0.297 e. The predicted octanol–water partition coefficient (Wildman–Crippen LogP) is 4.68. The third kappa shape index (κ3) is 5.07. The van der Waals surface area contributed by atoms with Crippen molar-refractivity contribution in [1.82, 2.24) is 10.2 Å². The number of nitrogens with one attached hydrogen (secondary N) is 1. The third-order valence-corrected chi connectivity index (χ3v) is 4.88. The Balaban J connectivity index is 1.55. The van der Waals surface area contributed by atoms with Crippen LogP contribution in [0.3, 0.4) is 0 Å². The summed E-state index contributed by atoms with van der Waals surface area (Å²) in [5.74, 6) is 0.124. The van der Waals surface area contributed by atoms with Crippen LogP contribution in [0.2, 0.25) is 0 Å². The Morgan fingerprint density at radius 1 is 1.25 bits per heavy atom. The van der Waals surface area contributed by atoms with E-state index < -0.39 is 5.51 Å². The topological polar surface area (TPSA) is 54.9 Å². The lowest BCUT2D eigenvalue weighted by atomic mass is 10.2. The van der Waals surface area contributed by atoms with E-state index >= 15 is 0 Å². The van der Waals surface area contributed by atoms with E-state index in [1.165, 1.54) is 47.8 Å². The number of amides is 1. The first-order chi connectivity index (χ1) is 11.4. The van der Waals surface area contributed by atoms with Crippen LogP contribution in [0.5, 0.6) is 0 Å². The van der Waals surface area contributed by atoms with E-state index in [9.17, 15) is 18.0 Å². The molecule has 24 heavy (non-hydrogen) atoms. The SMILES string of the molecule is O=C(/C=C/c1ccc(SC(F)(F)F)cc1)Nc1nnc(C2CC2)s1. The summed E-state index contributed by atoms with van der Waals surface area (Å²) >= 11 is 1.19. The van der Waals surface area contributed by atoms with Crippen molar-refractivity contribution in [3.63, 3.8) is 0 Å². The van der Waals surface area contributed by atoms with Crippen molar-refractivity contribution >= 4 is 40.2 Å². The number of carbonyl (C=O) groups excluding carboxylic acids is 1. The molecule has 0 atom stereocenters. The first-order valence-corrected chi connectivity index (χ1v) is 8.70. The van der Waals surface area contributed by atoms with Crippen molar-refractivity contribution in [3.05, 3.63) is 40.9 Å². The zero-order chi connectivity index (χ0) is 17.2. The van der Waals surface area contributed by atoms with E-state index in [-0.39, 0.29) is 22.6 Å². The van der Waals surface area contributed by atoms with Crippen LogP contribution in [0.1, 0.15) is 29.3 Å². The molecule has 1 saturated carbocycles. The normalized spacial score (nSPS) is 15.0. The summed E-state index contributed by atoms with van der Waals surface area (Å²) in [7, 11) is 0. The van der Waals surface area contributed by atoms with Crippen molar-refractivity contribution < 1.29 is 18.0 Å². The largest absolute Gasteiger partial charge is 0.446 e. The second-order valence-electron chi connectivity index (χ2n) is 5.16. The average Bonchev–Trinajstić information content (AvgIpc) is 3.26. The Labute approximate surface area is 144 Å². The van der Waals surface area contributed by atoms with Gasteiger partial charge in [-0.25, -0.2) is 0 Å². The van der Waals surface area contributed by atoms with E-state index in [2.05, 4.69) is 15.5 Å². The Morgan fingerprint density at radius 2 is 1.96 bits per heavy atom. The molecule has 1 aromatic heterocycles. The van der Waals surface area contributed by atoms with Crippen molar-refractivity contribution in [3.8, 4) is 0 Å². The molecule has 1 amide bonds. The number of rotatable bonds is 5. The minimum Gasteiger partial charge on any atom is -0.297 e. The molecule has 1 heterocycles. The van der Waals surface area contributed by atoms with Crippen molar-refractivity contribution in [1.29, 1.82) is 0 Å². The van der Waals surface area contributed by atoms with Gasteiger partial charge in [0.15, 0.2) is 0 Å². The first kappa shape index (κ1) is 17.0. The number of nitrogens with zero attached hydrogens (tertiary/aromatic N) is 2. The summed E-state index contributed by atoms with van der Waals surface area (Å²) in [6.45, 7) is 0. The number of hydrogen-bond acceptors (Lipinski definition) is 5. The monoisotopic (exact) mass is 371 g/mol. The summed E-state index contributed by atoms with van der Waals surface area (Å²) in [6, 6.07) is 5.77. The van der Waals surface area contributed by atoms with Gasteiger partial charge < -0.3 is 0 Å². The molecule has 3 rings (SSSR count). The Bertz CT molecular complexity index is 752. The van der Waals surface area contributed by atoms with Gasteiger partial charge in [0.25, 0.3) is 0 Å². The van der Waals surface area contributed by atoms with E-state index in [1.807, 2.05) is 0 Å². The molecule has 2 aromatic rings. The molecule has 4 nitrogen and oxygen atoms in total. The molecule has 0 radical (unpaired) electrons. The summed E-state index contributed by atoms with van der Waals surface area (Å²) in [5, 5.41) is 11.9. The van der Waals surface area contributed by atoms with Crippen molar-refractivity contribution in [2.45, 2.75) is 29.2 Å². The Hall–Kier alpha value is -1.87. The number of aromatic nitrogens is 2. The van der Waals surface area contributed by atoms with Gasteiger partial charge in [0, 0.05) is 16.9 Å². The van der Waals surface area contributed by atoms with Crippen LogP contribution in [0.4, 0.5) is 18.3 Å². The molecule has 1 aliphatic carbocycles. The highest BCUT2D eigenvalue weighted by Crippen LogP contribution is 2.42. The summed E-state index contributed by atoms with van der Waals surface area (Å²) in [6.07, 6.45) is 5.07. The number of halogens is 3. The molecule has 126 valence electrons. The zero-order valence-electron chi connectivity index (χ0n) is 12.2. The standard InChI is InChI=1S/C15H12F3N3OS2/c16-15(17,18)24-11-6-1-9(2-7-11)3-8-12(22)19-14-21-20-13(23-14)10-4-5-10/h1-3,6-8,10H,4-5H2,(H,19,21,22)/b8-3+. The van der Waals surface area contributed by atoms with Gasteiger partial charge in [-0.2, -0.15) is 13.2 Å². The maximum atomic E-state index is 12.2. The number of hydrogen-bond donors (Lipinski definition) is 1. The maximum absolute atomic E-state index is 12.2. The number of anilines is 1. The lowest BCUT2D eigenvalue weighted by molar-refractivity contribution is -0.111. The highest BCUT2D eigenvalue weighted by Gasteiger charge is 2.29. The average molecular weight is 371 g/mol. The lowest BCUT2D eigenvalue weighted by Crippen LogP contribution is -2.07. The number of benzene rings is 1. The molecule has 0 unspecified atom stereocenters. The van der Waals surface area contributed by atoms with Crippen LogP contribution >= 0.6 is 23.1 Å². The van der Waals surface area contributed by atoms with E-state index in [0.717, 1.165) is 17.8 Å². The van der Waals surface area contributed by atoms with Gasteiger partial charge in [0.2, 0.25) is 11.0 Å². The second-order valence-corrected chi connectivity index (χ2v) is 7.31. The van der Waals surface area contributed by atoms with Crippen LogP contribution in [0.15, 0.2) is 35.2 Å². The van der Waals surface area contributed by atoms with Crippen LogP contribution in [-0.4, -0.2) is 21.6 Å². The quantitative estimate of drug-likeness (QED) is 0.612. The summed E-state index contributed by atoms with van der Waals surface area (Å²) in [5.41, 5.74) is -3.68. The summed E-state index contributed by atoms with van der Waals surface area (Å²) < 4.78 is 36.7. The van der Waals surface area contributed by atoms with Crippen LogP contribution in [-0.2, 0) is 4.79 Å². The molecule has 1 N–H and O–H groups in total. The fourth-order valence-corrected chi connectivity index (χ4v) is 3.33. The van der Waals surface area contributed by atoms with Gasteiger partial charge in [-0.1, -0.05) is 23.5 Å². The molecule has 1 aliphatic rings. The van der Waals surface area contributed by atoms with Gasteiger partial charge in [-0.15, -0.1) is 10.2 Å². The molecular weight excluding hydrogens is 359 g/mol. The van der Waals surface area contributed by atoms with Gasteiger partial charge in [-0.05, 0) is 48.4 Å². The number of carbonyl (C=O) groups is 1. The van der Waals surface area contributed by atoms with Crippen molar-refractivity contribution in [2.24, 2.45) is 0 Å². The van der Waals surface area contributed by atoms with Crippen LogP contribution in [0.25, 0.3) is 6.08 Å². The van der Waals surface area contributed by atoms with Crippen LogP contribution in [0, 0.1) is 0 Å². The Morgan fingerprint density at radius 3 is 2.58 bits per heavy atom. The molecule has 0 bridgehead atoms. The predicted molar refractivity (Wildman–Crippen MR) is 87.9 cm³/mol. The first-order valence-electron chi connectivity index (χ1n) is 7.07. The fourth-order valence-electron chi connectivity index (χ4n) is 1.88. The van der Waals surface area contributed by atoms with E-state index in [4.69, 9.17) is 0 Å². The summed E-state index contributed by atoms with van der Waals surface area (Å²) in [4.78, 5) is 11.9. The van der Waals surface area contributed by atoms with E-state index in [0.29, 0.717) is 16.6 Å². The lowest BCUT2D eigenvalue weighted by Gasteiger charge is -2.05. The molecule has 0 spiro atoms. The second kappa shape index (κ2) is 6.94. The molecule has 9 heteroatoms. The highest BCUT2D eigenvalue weighted by atomic mass is 32.2. The minimum atomic E-state index is -4.31. The Kier molecular flexibility index (Phi) is 4.91. The van der Waals surface area contributed by atoms with E-state index in [1.54, 1.807) is 0 Å². The minimum absolute atomic E-state index is 0.102. The van der Waals surface area contributed by atoms with Gasteiger partial charge in [0.1, 0.15) is 5.01 Å². The third-order valence-electron chi connectivity index (χ3n) is 3.14. The van der Waals surface area contributed by atoms with Crippen molar-refractivity contribution in [2.75, 3.05) is 5.32 Å². The highest BCUT2D eigenvalue weighted by molar-refractivity contribution is 8.00. The molecule has 0 saturated heterocycles. The molecule has 1 aromatic carbocycles. The van der Waals surface area contributed by atoms with Gasteiger partial charge in [0.05, 0.1) is 0 Å². The number of thioether (sulfide) groups is 1. The van der Waals surface area contributed by atoms with Gasteiger partial charge in [-0.3, -0.25) is 10.1 Å². The fraction of sp³-hybridized carbons (Fsp3) is 0.267. The molecular formula is C15H12F3N3OS2. The van der Waals surface area contributed by atoms with Gasteiger partial charge >= 0.3 is 5.51 Å². The van der Waals surface area contributed by atoms with Crippen LogP contribution < -0.4 is 5.32 Å².